The lowest BCUT2D eigenvalue weighted by Gasteiger charge is -2.20. The van der Waals surface area contributed by atoms with Gasteiger partial charge in [0.15, 0.2) is 0 Å². The number of aliphatic hydroxyl groups excluding tert-OH is 2. The molecule has 6 nitrogen and oxygen atoms in total. The van der Waals surface area contributed by atoms with Gasteiger partial charge >= 0.3 is 5.97 Å². The van der Waals surface area contributed by atoms with Crippen molar-refractivity contribution in [2.45, 2.75) is 469 Å². The molecule has 0 aliphatic heterocycles. The molecule has 3 N–H and O–H groups in total. The quantitative estimate of drug-likeness (QED) is 0.0320. The first-order valence-corrected chi connectivity index (χ1v) is 39.5. The number of unbranched alkanes of at least 4 members (excludes halogenated alkanes) is 64. The highest BCUT2D eigenvalue weighted by Crippen LogP contribution is 2.20. The van der Waals surface area contributed by atoms with Crippen molar-refractivity contribution in [1.29, 1.82) is 0 Å². The van der Waals surface area contributed by atoms with E-state index in [4.69, 9.17) is 4.74 Å². The number of nitrogens with one attached hydrogen (secondary N) is 1. The van der Waals surface area contributed by atoms with E-state index in [2.05, 4.69) is 19.2 Å². The van der Waals surface area contributed by atoms with Gasteiger partial charge in [0.05, 0.1) is 25.4 Å². The summed E-state index contributed by atoms with van der Waals surface area (Å²) in [5.74, 6) is -0.0323. The smallest absolute Gasteiger partial charge is 0.305 e. The third-order valence-electron chi connectivity index (χ3n) is 18.8. The van der Waals surface area contributed by atoms with Gasteiger partial charge < -0.3 is 20.3 Å². The van der Waals surface area contributed by atoms with Crippen molar-refractivity contribution in [2.24, 2.45) is 0 Å². The summed E-state index contributed by atoms with van der Waals surface area (Å²) < 4.78 is 5.52. The predicted octanol–water partition coefficient (Wildman–Crippen LogP) is 25.9. The van der Waals surface area contributed by atoms with Crippen molar-refractivity contribution < 1.29 is 24.5 Å². The summed E-state index contributed by atoms with van der Waals surface area (Å²) in [5, 5.41) is 23.2. The molecule has 0 fully saturated rings. The van der Waals surface area contributed by atoms with Crippen molar-refractivity contribution in [2.75, 3.05) is 13.2 Å². The third kappa shape index (κ3) is 71.6. The largest absolute Gasteiger partial charge is 0.466 e. The Labute approximate surface area is 533 Å². The van der Waals surface area contributed by atoms with E-state index in [1.165, 1.54) is 392 Å². The van der Waals surface area contributed by atoms with Crippen molar-refractivity contribution in [3.05, 3.63) is 12.2 Å². The summed E-state index contributed by atoms with van der Waals surface area (Å²) in [6.07, 6.45) is 94.8. The van der Waals surface area contributed by atoms with Crippen molar-refractivity contribution in [3.63, 3.8) is 0 Å². The van der Waals surface area contributed by atoms with Crippen molar-refractivity contribution in [3.8, 4) is 0 Å². The highest BCUT2D eigenvalue weighted by Gasteiger charge is 2.18. The summed E-state index contributed by atoms with van der Waals surface area (Å²) in [5.41, 5.74) is 0. The van der Waals surface area contributed by atoms with E-state index in [9.17, 15) is 19.8 Å². The summed E-state index contributed by atoms with van der Waals surface area (Å²) in [4.78, 5) is 24.6. The lowest BCUT2D eigenvalue weighted by atomic mass is 10.0. The van der Waals surface area contributed by atoms with Gasteiger partial charge in [-0.2, -0.15) is 0 Å². The SMILES string of the molecule is CCCCCCCCCCCCCCCCC/C=C/C(O)C(CO)NC(=O)CCCCCCCCCCCCCCCCCCCCCCCCCCCCCCCCCCOC(=O)CCCCCCCCCCCCCCCCCCCCC. The number of hydrogen-bond acceptors (Lipinski definition) is 5. The van der Waals surface area contributed by atoms with E-state index >= 15 is 0 Å². The zero-order chi connectivity index (χ0) is 61.3. The van der Waals surface area contributed by atoms with Crippen LogP contribution >= 0.6 is 0 Å². The number of carbonyl (C=O) groups excluding carboxylic acids is 2. The summed E-state index contributed by atoms with van der Waals surface area (Å²) in [7, 11) is 0. The zero-order valence-electron chi connectivity index (χ0n) is 58.1. The molecule has 0 bridgehead atoms. The Balaban J connectivity index is 3.31. The second-order valence-corrected chi connectivity index (χ2v) is 27.4. The van der Waals surface area contributed by atoms with Gasteiger partial charge in [-0.3, -0.25) is 9.59 Å². The van der Waals surface area contributed by atoms with Gasteiger partial charge in [0.25, 0.3) is 0 Å². The summed E-state index contributed by atoms with van der Waals surface area (Å²) >= 11 is 0. The third-order valence-corrected chi connectivity index (χ3v) is 18.8. The number of amides is 1. The van der Waals surface area contributed by atoms with Crippen molar-refractivity contribution >= 4 is 11.9 Å². The Bertz CT molecular complexity index is 1290. The first kappa shape index (κ1) is 83.6. The van der Waals surface area contributed by atoms with Crippen LogP contribution in [0.15, 0.2) is 12.2 Å². The van der Waals surface area contributed by atoms with Gasteiger partial charge in [0, 0.05) is 12.8 Å². The molecule has 0 aromatic heterocycles. The molecule has 0 aliphatic rings. The molecular formula is C79H155NO5. The van der Waals surface area contributed by atoms with Gasteiger partial charge in [-0.25, -0.2) is 0 Å². The molecular weight excluding hydrogens is 1040 g/mol. The van der Waals surface area contributed by atoms with Gasteiger partial charge in [0.2, 0.25) is 5.91 Å². The molecule has 506 valence electrons. The molecule has 0 saturated heterocycles. The summed E-state index contributed by atoms with van der Waals surface area (Å²) in [6.45, 7) is 4.96. The van der Waals surface area contributed by atoms with E-state index in [0.29, 0.717) is 19.4 Å². The van der Waals surface area contributed by atoms with Crippen LogP contribution in [0, 0.1) is 0 Å². The number of carbonyl (C=O) groups is 2. The minimum absolute atomic E-state index is 0.0270. The molecule has 0 aromatic carbocycles. The van der Waals surface area contributed by atoms with Crippen molar-refractivity contribution in [1.82, 2.24) is 5.32 Å². The fourth-order valence-corrected chi connectivity index (χ4v) is 12.8. The standard InChI is InChI=1S/C79H155NO5/c1-3-5-7-9-11-13-15-17-19-21-36-41-45-49-53-57-61-65-69-73-79(84)85-74-70-66-62-58-54-50-46-42-38-35-33-31-29-27-25-23-22-24-26-28-30-32-34-37-40-44-48-52-56-60-64-68-72-78(83)80-76(75-81)77(82)71-67-63-59-55-51-47-43-39-20-18-16-14-12-10-8-6-4-2/h67,71,76-77,81-82H,3-66,68-70,72-75H2,1-2H3,(H,80,83)/b71-67+. The Hall–Kier alpha value is -1.40. The topological polar surface area (TPSA) is 95.9 Å². The van der Waals surface area contributed by atoms with E-state index in [1.807, 2.05) is 6.08 Å². The van der Waals surface area contributed by atoms with E-state index in [1.54, 1.807) is 6.08 Å². The molecule has 0 rings (SSSR count). The zero-order valence-corrected chi connectivity index (χ0v) is 58.1. The molecule has 0 heterocycles. The van der Waals surface area contributed by atoms with Gasteiger partial charge in [0.1, 0.15) is 0 Å². The molecule has 85 heavy (non-hydrogen) atoms. The summed E-state index contributed by atoms with van der Waals surface area (Å²) in [6, 6.07) is -0.624. The molecule has 0 aliphatic carbocycles. The fraction of sp³-hybridized carbons (Fsp3) is 0.949. The van der Waals surface area contributed by atoms with E-state index in [0.717, 1.165) is 38.5 Å². The van der Waals surface area contributed by atoms with E-state index in [-0.39, 0.29) is 18.5 Å². The average Bonchev–Trinajstić information content (AvgIpc) is 3.51. The van der Waals surface area contributed by atoms with Crippen LogP contribution in [0.5, 0.6) is 0 Å². The number of ether oxygens (including phenoxy) is 1. The van der Waals surface area contributed by atoms with Crippen LogP contribution in [0.3, 0.4) is 0 Å². The second-order valence-electron chi connectivity index (χ2n) is 27.4. The van der Waals surface area contributed by atoms with Gasteiger partial charge in [-0.05, 0) is 32.1 Å². The number of rotatable bonds is 75. The Kier molecular flexibility index (Phi) is 73.8. The number of hydrogen-bond donors (Lipinski definition) is 3. The molecule has 1 amide bonds. The van der Waals surface area contributed by atoms with Crippen LogP contribution in [0.25, 0.3) is 0 Å². The van der Waals surface area contributed by atoms with Crippen LogP contribution in [0.2, 0.25) is 0 Å². The number of aliphatic hydroxyl groups is 2. The Morgan fingerprint density at radius 2 is 0.541 bits per heavy atom. The molecule has 2 atom stereocenters. The van der Waals surface area contributed by atoms with Gasteiger partial charge in [-0.1, -0.05) is 424 Å². The average molecular weight is 1200 g/mol. The predicted molar refractivity (Wildman–Crippen MR) is 375 cm³/mol. The highest BCUT2D eigenvalue weighted by atomic mass is 16.5. The van der Waals surface area contributed by atoms with Crippen LogP contribution in [0.4, 0.5) is 0 Å². The molecule has 0 radical (unpaired) electrons. The molecule has 0 saturated carbocycles. The minimum Gasteiger partial charge on any atom is -0.466 e. The van der Waals surface area contributed by atoms with Crippen LogP contribution in [0.1, 0.15) is 457 Å². The first-order chi connectivity index (χ1) is 42.0. The normalized spacial score (nSPS) is 12.5. The highest BCUT2D eigenvalue weighted by molar-refractivity contribution is 5.76. The monoisotopic (exact) mass is 1200 g/mol. The molecule has 0 aromatic rings. The maximum absolute atomic E-state index is 12.5. The maximum atomic E-state index is 12.5. The first-order valence-electron chi connectivity index (χ1n) is 39.5. The lowest BCUT2D eigenvalue weighted by Crippen LogP contribution is -2.45. The minimum atomic E-state index is -0.841. The second kappa shape index (κ2) is 75.1. The molecule has 2 unspecified atom stereocenters. The van der Waals surface area contributed by atoms with Gasteiger partial charge in [-0.15, -0.1) is 0 Å². The Morgan fingerprint density at radius 3 is 0.800 bits per heavy atom. The Morgan fingerprint density at radius 1 is 0.318 bits per heavy atom. The fourth-order valence-electron chi connectivity index (χ4n) is 12.8. The maximum Gasteiger partial charge on any atom is 0.305 e. The van der Waals surface area contributed by atoms with Crippen LogP contribution in [-0.4, -0.2) is 47.4 Å². The van der Waals surface area contributed by atoms with Crippen LogP contribution in [-0.2, 0) is 14.3 Å². The molecule has 6 heteroatoms. The van der Waals surface area contributed by atoms with E-state index < -0.39 is 12.1 Å². The number of esters is 1. The lowest BCUT2D eigenvalue weighted by molar-refractivity contribution is -0.143. The van der Waals surface area contributed by atoms with Crippen LogP contribution < -0.4 is 5.32 Å². The molecule has 0 spiro atoms. The number of allylic oxidation sites excluding steroid dienone is 1.